The van der Waals surface area contributed by atoms with E-state index in [1.165, 1.54) is 35.1 Å². The number of rotatable bonds is 5. The first kappa shape index (κ1) is 12.4. The predicted octanol–water partition coefficient (Wildman–Crippen LogP) is 4.58. The summed E-state index contributed by atoms with van der Waals surface area (Å²) in [5.74, 6) is 0.933. The number of halogens is 2. The molecule has 0 unspecified atom stereocenters. The zero-order valence-corrected chi connectivity index (χ0v) is 12.7. The third-order valence-corrected chi connectivity index (χ3v) is 4.19. The van der Waals surface area contributed by atoms with E-state index in [9.17, 15) is 0 Å². The predicted molar refractivity (Wildman–Crippen MR) is 77.4 cm³/mol. The molecule has 1 aliphatic carbocycles. The molecule has 0 radical (unpaired) electrons. The quantitative estimate of drug-likeness (QED) is 0.705. The van der Waals surface area contributed by atoms with Gasteiger partial charge in [0.2, 0.25) is 0 Å². The van der Waals surface area contributed by atoms with Crippen molar-refractivity contribution in [2.75, 3.05) is 18.0 Å². The Morgan fingerprint density at radius 1 is 1.38 bits per heavy atom. The minimum atomic E-state index is 0.927. The Kier molecular flexibility index (Phi) is 4.31. The van der Waals surface area contributed by atoms with Gasteiger partial charge in [0, 0.05) is 28.6 Å². The van der Waals surface area contributed by atoms with Gasteiger partial charge in [0.15, 0.2) is 0 Å². The largest absolute Gasteiger partial charge is 0.371 e. The van der Waals surface area contributed by atoms with Crippen LogP contribution in [-0.2, 0) is 5.33 Å². The third-order valence-electron chi connectivity index (χ3n) is 3.09. The number of benzene rings is 1. The van der Waals surface area contributed by atoms with Crippen LogP contribution < -0.4 is 4.90 Å². The molecular weight excluding hydrogens is 330 g/mol. The first-order valence-electron chi connectivity index (χ1n) is 5.84. The van der Waals surface area contributed by atoms with Gasteiger partial charge in [0.1, 0.15) is 0 Å². The van der Waals surface area contributed by atoms with Gasteiger partial charge in [0.05, 0.1) is 0 Å². The summed E-state index contributed by atoms with van der Waals surface area (Å²) in [6.07, 6.45) is 2.82. The SMILES string of the molecule is CCN(CC1CC1)c1cc(Br)ccc1CBr. The maximum atomic E-state index is 3.57. The standard InChI is InChI=1S/C13H17Br2N/c1-2-16(9-10-3-4-10)13-7-12(15)6-5-11(13)8-14/h5-7,10H,2-4,8-9H2,1H3. The molecule has 1 saturated carbocycles. The fraction of sp³-hybridized carbons (Fsp3) is 0.538. The maximum absolute atomic E-state index is 3.57. The van der Waals surface area contributed by atoms with Crippen LogP contribution in [0, 0.1) is 5.92 Å². The van der Waals surface area contributed by atoms with E-state index in [0.717, 1.165) is 17.8 Å². The van der Waals surface area contributed by atoms with Crippen molar-refractivity contribution in [1.29, 1.82) is 0 Å². The molecule has 0 heterocycles. The summed E-state index contributed by atoms with van der Waals surface area (Å²) in [7, 11) is 0. The zero-order valence-electron chi connectivity index (χ0n) is 9.55. The average Bonchev–Trinajstić information content (AvgIpc) is 3.09. The second-order valence-corrected chi connectivity index (χ2v) is 5.87. The Morgan fingerprint density at radius 3 is 2.69 bits per heavy atom. The summed E-state index contributed by atoms with van der Waals surface area (Å²) in [5.41, 5.74) is 2.76. The summed E-state index contributed by atoms with van der Waals surface area (Å²) < 4.78 is 1.17. The number of nitrogens with zero attached hydrogens (tertiary/aromatic N) is 1. The Morgan fingerprint density at radius 2 is 2.12 bits per heavy atom. The first-order valence-corrected chi connectivity index (χ1v) is 7.75. The van der Waals surface area contributed by atoms with Gasteiger partial charge in [-0.15, -0.1) is 0 Å². The molecular formula is C13H17Br2N. The number of hydrogen-bond donors (Lipinski definition) is 0. The van der Waals surface area contributed by atoms with Crippen LogP contribution in [0.25, 0.3) is 0 Å². The van der Waals surface area contributed by atoms with Crippen LogP contribution in [-0.4, -0.2) is 13.1 Å². The van der Waals surface area contributed by atoms with Gasteiger partial charge in [-0.2, -0.15) is 0 Å². The minimum Gasteiger partial charge on any atom is -0.371 e. The van der Waals surface area contributed by atoms with E-state index >= 15 is 0 Å². The fourth-order valence-corrected chi connectivity index (χ4v) is 2.78. The van der Waals surface area contributed by atoms with Crippen LogP contribution >= 0.6 is 31.9 Å². The molecule has 1 aromatic carbocycles. The highest BCUT2D eigenvalue weighted by Gasteiger charge is 2.24. The molecule has 88 valence electrons. The van der Waals surface area contributed by atoms with Gasteiger partial charge in [0.25, 0.3) is 0 Å². The number of alkyl halides is 1. The molecule has 16 heavy (non-hydrogen) atoms. The lowest BCUT2D eigenvalue weighted by Crippen LogP contribution is -2.26. The van der Waals surface area contributed by atoms with Gasteiger partial charge >= 0.3 is 0 Å². The summed E-state index contributed by atoms with van der Waals surface area (Å²) in [6.45, 7) is 4.54. The van der Waals surface area contributed by atoms with E-state index < -0.39 is 0 Å². The van der Waals surface area contributed by atoms with Crippen LogP contribution in [0.5, 0.6) is 0 Å². The lowest BCUT2D eigenvalue weighted by Gasteiger charge is -2.25. The Hall–Kier alpha value is -0.0200. The van der Waals surface area contributed by atoms with E-state index in [1.807, 2.05) is 0 Å². The third kappa shape index (κ3) is 3.01. The second kappa shape index (κ2) is 5.54. The molecule has 0 bridgehead atoms. The van der Waals surface area contributed by atoms with Crippen LogP contribution in [0.2, 0.25) is 0 Å². The van der Waals surface area contributed by atoms with Gasteiger partial charge in [-0.05, 0) is 43.4 Å². The monoisotopic (exact) mass is 345 g/mol. The van der Waals surface area contributed by atoms with Crippen molar-refractivity contribution in [2.24, 2.45) is 5.92 Å². The molecule has 0 aromatic heterocycles. The molecule has 0 amide bonds. The van der Waals surface area contributed by atoms with Crippen LogP contribution in [0.15, 0.2) is 22.7 Å². The van der Waals surface area contributed by atoms with E-state index in [2.05, 4.69) is 61.9 Å². The van der Waals surface area contributed by atoms with Crippen molar-refractivity contribution < 1.29 is 0 Å². The highest BCUT2D eigenvalue weighted by Crippen LogP contribution is 2.33. The van der Waals surface area contributed by atoms with Crippen molar-refractivity contribution in [1.82, 2.24) is 0 Å². The van der Waals surface area contributed by atoms with Crippen molar-refractivity contribution >= 4 is 37.5 Å². The Labute approximate surface area is 114 Å². The van der Waals surface area contributed by atoms with E-state index in [0.29, 0.717) is 0 Å². The molecule has 3 heteroatoms. The summed E-state index contributed by atoms with van der Waals surface area (Å²) in [5, 5.41) is 0.927. The van der Waals surface area contributed by atoms with E-state index in [1.54, 1.807) is 0 Å². The lowest BCUT2D eigenvalue weighted by atomic mass is 10.1. The van der Waals surface area contributed by atoms with Crippen LogP contribution in [0.4, 0.5) is 5.69 Å². The normalized spacial score (nSPS) is 15.2. The number of anilines is 1. The molecule has 1 fully saturated rings. The molecule has 1 aromatic rings. The first-order chi connectivity index (χ1) is 7.74. The van der Waals surface area contributed by atoms with Crippen molar-refractivity contribution in [3.05, 3.63) is 28.2 Å². The molecule has 1 nitrogen and oxygen atoms in total. The lowest BCUT2D eigenvalue weighted by molar-refractivity contribution is 0.739. The summed E-state index contributed by atoms with van der Waals surface area (Å²) >= 11 is 7.13. The smallest absolute Gasteiger partial charge is 0.0418 e. The van der Waals surface area contributed by atoms with Crippen molar-refractivity contribution in [3.8, 4) is 0 Å². The van der Waals surface area contributed by atoms with Gasteiger partial charge in [-0.3, -0.25) is 0 Å². The van der Waals surface area contributed by atoms with E-state index in [-0.39, 0.29) is 0 Å². The average molecular weight is 347 g/mol. The molecule has 0 N–H and O–H groups in total. The molecule has 0 spiro atoms. The summed E-state index contributed by atoms with van der Waals surface area (Å²) in [6, 6.07) is 6.55. The number of hydrogen-bond acceptors (Lipinski definition) is 1. The fourth-order valence-electron chi connectivity index (χ4n) is 1.95. The van der Waals surface area contributed by atoms with E-state index in [4.69, 9.17) is 0 Å². The summed E-state index contributed by atoms with van der Waals surface area (Å²) in [4.78, 5) is 2.50. The Balaban J connectivity index is 2.23. The minimum absolute atomic E-state index is 0.927. The molecule has 0 atom stereocenters. The molecule has 2 rings (SSSR count). The van der Waals surface area contributed by atoms with Crippen molar-refractivity contribution in [2.45, 2.75) is 25.1 Å². The van der Waals surface area contributed by atoms with Gasteiger partial charge < -0.3 is 4.90 Å². The zero-order chi connectivity index (χ0) is 11.5. The van der Waals surface area contributed by atoms with Crippen LogP contribution in [0.3, 0.4) is 0 Å². The Bertz CT molecular complexity index is 361. The molecule has 1 aliphatic rings. The molecule has 0 saturated heterocycles. The van der Waals surface area contributed by atoms with Crippen molar-refractivity contribution in [3.63, 3.8) is 0 Å². The second-order valence-electron chi connectivity index (χ2n) is 4.39. The highest BCUT2D eigenvalue weighted by atomic mass is 79.9. The topological polar surface area (TPSA) is 3.24 Å². The maximum Gasteiger partial charge on any atom is 0.0418 e. The van der Waals surface area contributed by atoms with Gasteiger partial charge in [-0.1, -0.05) is 37.9 Å². The molecule has 0 aliphatic heterocycles. The highest BCUT2D eigenvalue weighted by molar-refractivity contribution is 9.10. The van der Waals surface area contributed by atoms with Crippen LogP contribution in [0.1, 0.15) is 25.3 Å². The van der Waals surface area contributed by atoms with Gasteiger partial charge in [-0.25, -0.2) is 0 Å².